The van der Waals surface area contributed by atoms with Crippen molar-refractivity contribution in [1.82, 2.24) is 4.90 Å². The lowest BCUT2D eigenvalue weighted by molar-refractivity contribution is -0.148. The maximum Gasteiger partial charge on any atom is 0.326 e. The van der Waals surface area contributed by atoms with Crippen LogP contribution in [0, 0.1) is 3.57 Å². The number of rotatable bonds is 4. The molecule has 0 aliphatic carbocycles. The van der Waals surface area contributed by atoms with Gasteiger partial charge in [-0.3, -0.25) is 4.79 Å². The molecule has 1 heterocycles. The number of aliphatic hydroxyl groups excluding tert-OH is 1. The predicted octanol–water partition coefficient (Wildman–Crippen LogP) is 0.880. The van der Waals surface area contributed by atoms with E-state index in [4.69, 9.17) is 0 Å². The second kappa shape index (κ2) is 5.87. The summed E-state index contributed by atoms with van der Waals surface area (Å²) in [4.78, 5) is 24.3. The summed E-state index contributed by atoms with van der Waals surface area (Å²) in [7, 11) is 0. The van der Waals surface area contributed by atoms with Crippen molar-refractivity contribution < 1.29 is 19.8 Å². The number of benzene rings is 1. The van der Waals surface area contributed by atoms with Crippen LogP contribution in [-0.4, -0.2) is 45.7 Å². The number of likely N-dealkylation sites (tertiary alicyclic amines) is 1. The Bertz CT molecular complexity index is 488. The molecule has 2 rings (SSSR count). The molecule has 1 aromatic carbocycles. The van der Waals surface area contributed by atoms with E-state index in [9.17, 15) is 19.8 Å². The van der Waals surface area contributed by atoms with Crippen LogP contribution in [0.3, 0.4) is 0 Å². The van der Waals surface area contributed by atoms with Gasteiger partial charge in [0.25, 0.3) is 0 Å². The van der Waals surface area contributed by atoms with E-state index in [0.29, 0.717) is 0 Å². The molecule has 2 N–H and O–H groups in total. The summed E-state index contributed by atoms with van der Waals surface area (Å²) >= 11 is 2.17. The number of hydrogen-bond acceptors (Lipinski definition) is 3. The Kier molecular flexibility index (Phi) is 4.41. The smallest absolute Gasteiger partial charge is 0.326 e. The van der Waals surface area contributed by atoms with E-state index < -0.39 is 18.1 Å². The molecule has 1 aliphatic rings. The highest BCUT2D eigenvalue weighted by atomic mass is 127. The van der Waals surface area contributed by atoms with Gasteiger partial charge in [-0.25, -0.2) is 4.79 Å². The monoisotopic (exact) mass is 375 g/mol. The largest absolute Gasteiger partial charge is 0.480 e. The van der Waals surface area contributed by atoms with Crippen LogP contribution < -0.4 is 0 Å². The average Bonchev–Trinajstić information content (AvgIpc) is 2.67. The van der Waals surface area contributed by atoms with Gasteiger partial charge >= 0.3 is 5.97 Å². The molecule has 1 aliphatic heterocycles. The molecular weight excluding hydrogens is 361 g/mol. The van der Waals surface area contributed by atoms with E-state index in [1.54, 1.807) is 0 Å². The van der Waals surface area contributed by atoms with Crippen LogP contribution in [0.4, 0.5) is 0 Å². The van der Waals surface area contributed by atoms with Crippen LogP contribution in [0.5, 0.6) is 0 Å². The fraction of sp³-hybridized carbons (Fsp3) is 0.385. The summed E-state index contributed by atoms with van der Waals surface area (Å²) in [5, 5.41) is 18.7. The Morgan fingerprint density at radius 3 is 2.53 bits per heavy atom. The molecule has 19 heavy (non-hydrogen) atoms. The van der Waals surface area contributed by atoms with Crippen molar-refractivity contribution in [1.29, 1.82) is 0 Å². The Morgan fingerprint density at radius 1 is 1.42 bits per heavy atom. The maximum absolute atomic E-state index is 11.7. The predicted molar refractivity (Wildman–Crippen MR) is 76.6 cm³/mol. The number of halogens is 1. The minimum absolute atomic E-state index is 0.0104. The number of carboxylic acid groups (broad SMARTS) is 1. The van der Waals surface area contributed by atoms with Crippen molar-refractivity contribution in [3.05, 3.63) is 33.4 Å². The highest BCUT2D eigenvalue weighted by Crippen LogP contribution is 2.18. The lowest BCUT2D eigenvalue weighted by Gasteiger charge is -2.24. The first-order valence-corrected chi connectivity index (χ1v) is 7.00. The molecule has 1 aromatic rings. The number of carboxylic acids is 1. The topological polar surface area (TPSA) is 77.8 Å². The van der Waals surface area contributed by atoms with Gasteiger partial charge in [-0.05, 0) is 40.3 Å². The molecule has 0 saturated carbocycles. The molecule has 5 nitrogen and oxygen atoms in total. The molecular formula is C13H14INO4. The van der Waals surface area contributed by atoms with Crippen LogP contribution in [0.15, 0.2) is 24.3 Å². The number of aliphatic hydroxyl groups is 1. The van der Waals surface area contributed by atoms with Crippen molar-refractivity contribution in [2.24, 2.45) is 0 Å². The van der Waals surface area contributed by atoms with Gasteiger partial charge in [0, 0.05) is 16.5 Å². The third-order valence-electron chi connectivity index (χ3n) is 3.14. The standard InChI is InChI=1S/C13H14INO4/c14-9-3-1-8(2-4-9)5-11(13(18)19)15-7-10(16)6-12(15)17/h1-4,10-11,16H,5-7H2,(H,18,19)/t10?,11-/m0/s1. The van der Waals surface area contributed by atoms with Crippen LogP contribution in [-0.2, 0) is 16.0 Å². The Hall–Kier alpha value is -1.15. The molecule has 1 unspecified atom stereocenters. The SMILES string of the molecule is O=C(O)[C@H](Cc1ccc(I)cc1)N1CC(O)CC1=O. The third-order valence-corrected chi connectivity index (χ3v) is 3.86. The zero-order valence-electron chi connectivity index (χ0n) is 10.1. The second-order valence-electron chi connectivity index (χ2n) is 4.59. The van der Waals surface area contributed by atoms with E-state index in [2.05, 4.69) is 22.6 Å². The molecule has 1 saturated heterocycles. The van der Waals surface area contributed by atoms with E-state index in [-0.39, 0.29) is 25.3 Å². The Labute approximate surface area is 124 Å². The fourth-order valence-corrected chi connectivity index (χ4v) is 2.55. The summed E-state index contributed by atoms with van der Waals surface area (Å²) in [6.07, 6.45) is -0.493. The van der Waals surface area contributed by atoms with E-state index in [1.807, 2.05) is 24.3 Å². The summed E-state index contributed by atoms with van der Waals surface area (Å²) in [5.74, 6) is -1.34. The van der Waals surface area contributed by atoms with Crippen molar-refractivity contribution >= 4 is 34.5 Å². The lowest BCUT2D eigenvalue weighted by Crippen LogP contribution is -2.44. The van der Waals surface area contributed by atoms with E-state index in [1.165, 1.54) is 4.90 Å². The first-order chi connectivity index (χ1) is 8.97. The number of hydrogen-bond donors (Lipinski definition) is 2. The van der Waals surface area contributed by atoms with Crippen LogP contribution in [0.2, 0.25) is 0 Å². The normalized spacial score (nSPS) is 20.6. The molecule has 1 fully saturated rings. The van der Waals surface area contributed by atoms with Gasteiger partial charge in [-0.2, -0.15) is 0 Å². The van der Waals surface area contributed by atoms with Gasteiger partial charge in [0.05, 0.1) is 12.5 Å². The summed E-state index contributed by atoms with van der Waals surface area (Å²) in [6.45, 7) is 0.0974. The highest BCUT2D eigenvalue weighted by molar-refractivity contribution is 14.1. The molecule has 2 atom stereocenters. The highest BCUT2D eigenvalue weighted by Gasteiger charge is 2.36. The van der Waals surface area contributed by atoms with E-state index in [0.717, 1.165) is 9.13 Å². The Morgan fingerprint density at radius 2 is 2.05 bits per heavy atom. The van der Waals surface area contributed by atoms with Gasteiger partial charge < -0.3 is 15.1 Å². The average molecular weight is 375 g/mol. The molecule has 1 amide bonds. The second-order valence-corrected chi connectivity index (χ2v) is 5.83. The summed E-state index contributed by atoms with van der Waals surface area (Å²) in [6, 6.07) is 6.60. The summed E-state index contributed by atoms with van der Waals surface area (Å²) in [5.41, 5.74) is 0.863. The first-order valence-electron chi connectivity index (χ1n) is 5.92. The number of amides is 1. The zero-order valence-corrected chi connectivity index (χ0v) is 12.3. The van der Waals surface area contributed by atoms with Crippen molar-refractivity contribution in [3.63, 3.8) is 0 Å². The zero-order chi connectivity index (χ0) is 14.0. The lowest BCUT2D eigenvalue weighted by atomic mass is 10.1. The quantitative estimate of drug-likeness (QED) is 0.767. The fourth-order valence-electron chi connectivity index (χ4n) is 2.19. The van der Waals surface area contributed by atoms with Crippen molar-refractivity contribution in [3.8, 4) is 0 Å². The van der Waals surface area contributed by atoms with Crippen molar-refractivity contribution in [2.75, 3.05) is 6.54 Å². The van der Waals surface area contributed by atoms with Gasteiger partial charge in [0.15, 0.2) is 0 Å². The van der Waals surface area contributed by atoms with Gasteiger partial charge in [-0.15, -0.1) is 0 Å². The van der Waals surface area contributed by atoms with Crippen LogP contribution in [0.1, 0.15) is 12.0 Å². The number of carbonyl (C=O) groups excluding carboxylic acids is 1. The molecule has 0 radical (unpaired) electrons. The molecule has 0 aromatic heterocycles. The molecule has 0 spiro atoms. The molecule has 6 heteroatoms. The van der Waals surface area contributed by atoms with Gasteiger partial charge in [0.1, 0.15) is 6.04 Å². The number of β-amino-alcohol motifs (C(OH)–C–C–N with tert-alkyl or cyclic N) is 1. The number of carbonyl (C=O) groups is 2. The van der Waals surface area contributed by atoms with Crippen LogP contribution in [0.25, 0.3) is 0 Å². The van der Waals surface area contributed by atoms with Crippen molar-refractivity contribution in [2.45, 2.75) is 25.0 Å². The Balaban J connectivity index is 2.15. The minimum Gasteiger partial charge on any atom is -0.480 e. The summed E-state index contributed by atoms with van der Waals surface area (Å²) < 4.78 is 1.07. The van der Waals surface area contributed by atoms with Gasteiger partial charge in [-0.1, -0.05) is 12.1 Å². The maximum atomic E-state index is 11.7. The van der Waals surface area contributed by atoms with Gasteiger partial charge in [0.2, 0.25) is 5.91 Å². The number of nitrogens with zero attached hydrogens (tertiary/aromatic N) is 1. The molecule has 102 valence electrons. The first kappa shape index (κ1) is 14.3. The molecule has 0 bridgehead atoms. The number of aliphatic carboxylic acids is 1. The third kappa shape index (κ3) is 3.44. The van der Waals surface area contributed by atoms with Crippen LogP contribution >= 0.6 is 22.6 Å². The minimum atomic E-state index is -1.04. The van der Waals surface area contributed by atoms with E-state index >= 15 is 0 Å².